The van der Waals surface area contributed by atoms with E-state index in [1.807, 2.05) is 0 Å². The number of anilines is 1. The highest BCUT2D eigenvalue weighted by Crippen LogP contribution is 2.18. The predicted molar refractivity (Wildman–Crippen MR) is 68.2 cm³/mol. The zero-order valence-corrected chi connectivity index (χ0v) is 10.4. The van der Waals surface area contributed by atoms with E-state index < -0.39 is 12.0 Å². The number of carboxylic acid groups (broad SMARTS) is 1. The molecule has 0 aromatic heterocycles. The molecule has 1 amide bonds. The topological polar surface area (TPSA) is 86.7 Å². The summed E-state index contributed by atoms with van der Waals surface area (Å²) in [5.74, 6) is -1.23. The molecular weight excluding hydrogens is 248 g/mol. The van der Waals surface area contributed by atoms with Gasteiger partial charge in [0.2, 0.25) is 5.91 Å². The second-order valence-electron chi connectivity index (χ2n) is 4.38. The van der Waals surface area contributed by atoms with Crippen LogP contribution in [0.15, 0.2) is 24.3 Å². The highest BCUT2D eigenvalue weighted by atomic mass is 16.4. The Morgan fingerprint density at radius 1 is 1.32 bits per heavy atom. The van der Waals surface area contributed by atoms with Gasteiger partial charge in [0.05, 0.1) is 13.1 Å². The van der Waals surface area contributed by atoms with E-state index in [1.54, 1.807) is 24.3 Å². The first-order valence-corrected chi connectivity index (χ1v) is 5.86. The van der Waals surface area contributed by atoms with Crippen molar-refractivity contribution >= 4 is 23.3 Å². The van der Waals surface area contributed by atoms with Gasteiger partial charge in [-0.1, -0.05) is 0 Å². The number of hydrogen-bond donors (Lipinski definition) is 2. The minimum atomic E-state index is -0.988. The fraction of sp³-hybridized carbons (Fsp3) is 0.308. The molecule has 2 rings (SSSR count). The van der Waals surface area contributed by atoms with Crippen LogP contribution in [-0.4, -0.2) is 41.9 Å². The van der Waals surface area contributed by atoms with E-state index in [0.717, 1.165) is 0 Å². The number of benzene rings is 1. The third-order valence-corrected chi connectivity index (χ3v) is 3.05. The maximum Gasteiger partial charge on any atom is 0.322 e. The molecule has 1 fully saturated rings. The molecule has 0 radical (unpaired) electrons. The lowest BCUT2D eigenvalue weighted by molar-refractivity contribution is -0.139. The Morgan fingerprint density at radius 2 is 1.95 bits per heavy atom. The highest BCUT2D eigenvalue weighted by Gasteiger charge is 2.30. The summed E-state index contributed by atoms with van der Waals surface area (Å²) in [5, 5.41) is 11.6. The summed E-state index contributed by atoms with van der Waals surface area (Å²) in [4.78, 5) is 35.3. The SMILES string of the molecule is CC(=O)c1ccc(N2CC(C(=O)O)NCC2=O)cc1. The minimum Gasteiger partial charge on any atom is -0.480 e. The van der Waals surface area contributed by atoms with Crippen LogP contribution in [0.4, 0.5) is 5.69 Å². The highest BCUT2D eigenvalue weighted by molar-refractivity contribution is 5.98. The molecule has 0 saturated carbocycles. The molecule has 1 aliphatic rings. The molecule has 0 aliphatic carbocycles. The molecular formula is C13H14N2O4. The van der Waals surface area contributed by atoms with Crippen molar-refractivity contribution in [3.8, 4) is 0 Å². The third kappa shape index (κ3) is 2.79. The van der Waals surface area contributed by atoms with Gasteiger partial charge in [-0.2, -0.15) is 0 Å². The summed E-state index contributed by atoms with van der Waals surface area (Å²) >= 11 is 0. The lowest BCUT2D eigenvalue weighted by Crippen LogP contribution is -2.57. The first-order valence-electron chi connectivity index (χ1n) is 5.86. The standard InChI is InChI=1S/C13H14N2O4/c1-8(16)9-2-4-10(5-3-9)15-7-11(13(18)19)14-6-12(15)17/h2-5,11,14H,6-7H2,1H3,(H,18,19). The van der Waals surface area contributed by atoms with Gasteiger partial charge >= 0.3 is 5.97 Å². The molecule has 1 aromatic rings. The van der Waals surface area contributed by atoms with Crippen LogP contribution in [-0.2, 0) is 9.59 Å². The number of amides is 1. The van der Waals surface area contributed by atoms with Crippen LogP contribution < -0.4 is 10.2 Å². The third-order valence-electron chi connectivity index (χ3n) is 3.05. The molecule has 0 bridgehead atoms. The summed E-state index contributed by atoms with van der Waals surface area (Å²) in [7, 11) is 0. The van der Waals surface area contributed by atoms with E-state index in [2.05, 4.69) is 5.32 Å². The number of ketones is 1. The van der Waals surface area contributed by atoms with Crippen molar-refractivity contribution in [2.24, 2.45) is 0 Å². The zero-order chi connectivity index (χ0) is 14.0. The fourth-order valence-corrected chi connectivity index (χ4v) is 1.95. The number of piperazine rings is 1. The Kier molecular flexibility index (Phi) is 3.62. The van der Waals surface area contributed by atoms with Crippen molar-refractivity contribution in [1.82, 2.24) is 5.32 Å². The van der Waals surface area contributed by atoms with Crippen molar-refractivity contribution in [2.45, 2.75) is 13.0 Å². The van der Waals surface area contributed by atoms with E-state index in [4.69, 9.17) is 5.11 Å². The number of carbonyl (C=O) groups is 3. The van der Waals surface area contributed by atoms with E-state index >= 15 is 0 Å². The maximum atomic E-state index is 11.8. The Hall–Kier alpha value is -2.21. The van der Waals surface area contributed by atoms with Gasteiger partial charge in [0, 0.05) is 11.3 Å². The lowest BCUT2D eigenvalue weighted by atomic mass is 10.1. The van der Waals surface area contributed by atoms with Crippen molar-refractivity contribution < 1.29 is 19.5 Å². The summed E-state index contributed by atoms with van der Waals surface area (Å²) in [6, 6.07) is 5.79. The number of Topliss-reactive ketones (excluding diaryl/α,β-unsaturated/α-hetero) is 1. The Morgan fingerprint density at radius 3 is 2.47 bits per heavy atom. The Bertz CT molecular complexity index is 524. The number of nitrogens with one attached hydrogen (secondary N) is 1. The van der Waals surface area contributed by atoms with Crippen molar-refractivity contribution in [3.05, 3.63) is 29.8 Å². The first-order chi connectivity index (χ1) is 8.99. The van der Waals surface area contributed by atoms with Crippen LogP contribution >= 0.6 is 0 Å². The van der Waals surface area contributed by atoms with Crippen LogP contribution in [0.3, 0.4) is 0 Å². The average Bonchev–Trinajstić information content (AvgIpc) is 2.39. The van der Waals surface area contributed by atoms with Gasteiger partial charge in [0.1, 0.15) is 6.04 Å². The minimum absolute atomic E-state index is 0.00851. The normalized spacial score (nSPS) is 19.3. The summed E-state index contributed by atoms with van der Waals surface area (Å²) in [6.45, 7) is 1.53. The molecule has 1 heterocycles. The summed E-state index contributed by atoms with van der Waals surface area (Å²) in [6.07, 6.45) is 0. The zero-order valence-electron chi connectivity index (χ0n) is 10.4. The van der Waals surface area contributed by atoms with E-state index in [0.29, 0.717) is 11.3 Å². The second kappa shape index (κ2) is 5.19. The molecule has 1 aromatic carbocycles. The van der Waals surface area contributed by atoms with Crippen molar-refractivity contribution in [3.63, 3.8) is 0 Å². The molecule has 0 spiro atoms. The van der Waals surface area contributed by atoms with Gasteiger partial charge < -0.3 is 10.0 Å². The molecule has 19 heavy (non-hydrogen) atoms. The number of hydrogen-bond acceptors (Lipinski definition) is 4. The van der Waals surface area contributed by atoms with Crippen LogP contribution in [0.2, 0.25) is 0 Å². The number of aliphatic carboxylic acids is 1. The van der Waals surface area contributed by atoms with Crippen LogP contribution in [0.5, 0.6) is 0 Å². The molecule has 6 nitrogen and oxygen atoms in total. The number of carboxylic acids is 1. The van der Waals surface area contributed by atoms with Gasteiger partial charge in [-0.3, -0.25) is 19.7 Å². The van der Waals surface area contributed by atoms with Gasteiger partial charge in [-0.05, 0) is 31.2 Å². The predicted octanol–water partition coefficient (Wildman–Crippen LogP) is 0.279. The maximum absolute atomic E-state index is 11.8. The molecule has 1 saturated heterocycles. The largest absolute Gasteiger partial charge is 0.480 e. The molecule has 2 N–H and O–H groups in total. The molecule has 1 aliphatic heterocycles. The quantitative estimate of drug-likeness (QED) is 0.764. The fourth-order valence-electron chi connectivity index (χ4n) is 1.95. The molecule has 6 heteroatoms. The molecule has 1 atom stereocenters. The Balaban J connectivity index is 2.21. The number of rotatable bonds is 3. The molecule has 100 valence electrons. The number of nitrogens with zero attached hydrogens (tertiary/aromatic N) is 1. The van der Waals surface area contributed by atoms with Gasteiger partial charge in [-0.15, -0.1) is 0 Å². The first kappa shape index (κ1) is 13.2. The van der Waals surface area contributed by atoms with Crippen molar-refractivity contribution in [2.75, 3.05) is 18.0 Å². The monoisotopic (exact) mass is 262 g/mol. The van der Waals surface area contributed by atoms with Gasteiger partial charge in [0.15, 0.2) is 5.78 Å². The van der Waals surface area contributed by atoms with Crippen LogP contribution in [0.1, 0.15) is 17.3 Å². The van der Waals surface area contributed by atoms with Crippen LogP contribution in [0, 0.1) is 0 Å². The summed E-state index contributed by atoms with van der Waals surface area (Å²) < 4.78 is 0. The van der Waals surface area contributed by atoms with E-state index in [-0.39, 0.29) is 24.8 Å². The van der Waals surface area contributed by atoms with Crippen LogP contribution in [0.25, 0.3) is 0 Å². The second-order valence-corrected chi connectivity index (χ2v) is 4.38. The summed E-state index contributed by atoms with van der Waals surface area (Å²) in [5.41, 5.74) is 1.16. The smallest absolute Gasteiger partial charge is 0.322 e. The number of carbonyl (C=O) groups excluding carboxylic acids is 2. The average molecular weight is 262 g/mol. The van der Waals surface area contributed by atoms with Gasteiger partial charge in [0.25, 0.3) is 0 Å². The Labute approximate surface area is 110 Å². The van der Waals surface area contributed by atoms with Crippen molar-refractivity contribution in [1.29, 1.82) is 0 Å². The lowest BCUT2D eigenvalue weighted by Gasteiger charge is -2.31. The molecule has 1 unspecified atom stereocenters. The van der Waals surface area contributed by atoms with E-state index in [9.17, 15) is 14.4 Å². The van der Waals surface area contributed by atoms with Gasteiger partial charge in [-0.25, -0.2) is 0 Å². The van der Waals surface area contributed by atoms with E-state index in [1.165, 1.54) is 11.8 Å².